The number of fused-ring (bicyclic) bond motifs is 1. The summed E-state index contributed by atoms with van der Waals surface area (Å²) in [6.45, 7) is 6.70. The summed E-state index contributed by atoms with van der Waals surface area (Å²) < 4.78 is 0. The normalized spacial score (nSPS) is 15.0. The van der Waals surface area contributed by atoms with E-state index in [4.69, 9.17) is 4.98 Å². The Morgan fingerprint density at radius 3 is 2.50 bits per heavy atom. The van der Waals surface area contributed by atoms with Crippen LogP contribution in [-0.4, -0.2) is 41.0 Å². The Hall–Kier alpha value is -2.96. The molecule has 1 saturated heterocycles. The average Bonchev–Trinajstić information content (AvgIpc) is 3.20. The Labute approximate surface area is 179 Å². The molecule has 0 saturated carbocycles. The molecule has 0 amide bonds. The molecule has 0 bridgehead atoms. The van der Waals surface area contributed by atoms with Crippen LogP contribution in [0, 0.1) is 6.92 Å². The second kappa shape index (κ2) is 8.05. The smallest absolute Gasteiger partial charge is 0.260 e. The van der Waals surface area contributed by atoms with E-state index in [1.807, 2.05) is 35.7 Å². The zero-order valence-electron chi connectivity index (χ0n) is 17.0. The van der Waals surface area contributed by atoms with Crippen LogP contribution in [0.25, 0.3) is 21.3 Å². The van der Waals surface area contributed by atoms with Gasteiger partial charge in [0.1, 0.15) is 10.7 Å². The van der Waals surface area contributed by atoms with E-state index in [0.29, 0.717) is 11.9 Å². The zero-order chi connectivity index (χ0) is 20.5. The molecule has 0 radical (unpaired) electrons. The zero-order valence-corrected chi connectivity index (χ0v) is 17.8. The Balaban J connectivity index is 1.32. The number of piperazine rings is 1. The number of hydrogen-bond acceptors (Lipinski definition) is 5. The van der Waals surface area contributed by atoms with E-state index in [9.17, 15) is 4.79 Å². The fraction of sp³-hybridized carbons (Fsp3) is 0.250. The molecule has 0 unspecified atom stereocenters. The SMILES string of the molecule is Cc1ccccc1N1CCN(Cc2nc3scc(-c4ccccc4)c3c(=O)[nH]2)CC1. The second-order valence-corrected chi connectivity index (χ2v) is 8.62. The van der Waals surface area contributed by atoms with Crippen LogP contribution in [0.4, 0.5) is 5.69 Å². The van der Waals surface area contributed by atoms with Gasteiger partial charge in [-0.1, -0.05) is 48.5 Å². The van der Waals surface area contributed by atoms with Gasteiger partial charge in [-0.05, 0) is 24.1 Å². The third-order valence-electron chi connectivity index (χ3n) is 5.78. The number of benzene rings is 2. The van der Waals surface area contributed by atoms with Crippen molar-refractivity contribution in [3.63, 3.8) is 0 Å². The Morgan fingerprint density at radius 1 is 1.00 bits per heavy atom. The van der Waals surface area contributed by atoms with Crippen molar-refractivity contribution in [2.75, 3.05) is 31.1 Å². The summed E-state index contributed by atoms with van der Waals surface area (Å²) in [5, 5.41) is 2.73. The molecule has 4 aromatic rings. The van der Waals surface area contributed by atoms with Crippen LogP contribution in [0.3, 0.4) is 0 Å². The highest BCUT2D eigenvalue weighted by molar-refractivity contribution is 7.17. The maximum Gasteiger partial charge on any atom is 0.260 e. The van der Waals surface area contributed by atoms with Gasteiger partial charge in [0.2, 0.25) is 0 Å². The number of aromatic nitrogens is 2. The molecule has 0 aliphatic carbocycles. The Bertz CT molecular complexity index is 1220. The summed E-state index contributed by atoms with van der Waals surface area (Å²) in [4.78, 5) is 26.3. The minimum atomic E-state index is -0.0475. The van der Waals surface area contributed by atoms with Crippen LogP contribution in [0.5, 0.6) is 0 Å². The van der Waals surface area contributed by atoms with E-state index < -0.39 is 0 Å². The van der Waals surface area contributed by atoms with Crippen molar-refractivity contribution in [2.24, 2.45) is 0 Å². The number of aromatic amines is 1. The van der Waals surface area contributed by atoms with Crippen LogP contribution < -0.4 is 10.5 Å². The molecule has 30 heavy (non-hydrogen) atoms. The third-order valence-corrected chi connectivity index (χ3v) is 6.65. The average molecular weight is 417 g/mol. The lowest BCUT2D eigenvalue weighted by atomic mass is 10.1. The lowest BCUT2D eigenvalue weighted by Gasteiger charge is -2.36. The highest BCUT2D eigenvalue weighted by atomic mass is 32.1. The van der Waals surface area contributed by atoms with Gasteiger partial charge in [0.05, 0.1) is 11.9 Å². The summed E-state index contributed by atoms with van der Waals surface area (Å²) in [7, 11) is 0. The number of nitrogens with one attached hydrogen (secondary N) is 1. The van der Waals surface area contributed by atoms with Crippen LogP contribution in [0.15, 0.2) is 64.8 Å². The fourth-order valence-electron chi connectivity index (χ4n) is 4.18. The monoisotopic (exact) mass is 416 g/mol. The van der Waals surface area contributed by atoms with Crippen LogP contribution in [-0.2, 0) is 6.54 Å². The van der Waals surface area contributed by atoms with Crippen molar-refractivity contribution in [2.45, 2.75) is 13.5 Å². The summed E-state index contributed by atoms with van der Waals surface area (Å²) in [5.74, 6) is 0.748. The highest BCUT2D eigenvalue weighted by Gasteiger charge is 2.20. The van der Waals surface area contributed by atoms with Gasteiger partial charge in [0, 0.05) is 42.8 Å². The standard InChI is InChI=1S/C24H24N4OS/c1-17-7-5-6-10-20(17)28-13-11-27(12-14-28)15-21-25-23(29)22-19(16-30-24(22)26-21)18-8-3-2-4-9-18/h2-10,16H,11-15H2,1H3,(H,25,26,29). The summed E-state index contributed by atoms with van der Waals surface area (Å²) in [6.07, 6.45) is 0. The van der Waals surface area contributed by atoms with E-state index in [1.54, 1.807) is 11.3 Å². The summed E-state index contributed by atoms with van der Waals surface area (Å²) in [5.41, 5.74) is 4.60. The van der Waals surface area contributed by atoms with E-state index in [2.05, 4.69) is 46.0 Å². The number of rotatable bonds is 4. The topological polar surface area (TPSA) is 52.2 Å². The van der Waals surface area contributed by atoms with Crippen molar-refractivity contribution in [1.29, 1.82) is 0 Å². The van der Waals surface area contributed by atoms with E-state index in [-0.39, 0.29) is 5.56 Å². The molecule has 3 heterocycles. The second-order valence-electron chi connectivity index (χ2n) is 7.76. The van der Waals surface area contributed by atoms with Gasteiger partial charge in [-0.3, -0.25) is 9.69 Å². The molecular weight excluding hydrogens is 392 g/mol. The van der Waals surface area contributed by atoms with Crippen LogP contribution >= 0.6 is 11.3 Å². The van der Waals surface area contributed by atoms with Gasteiger partial charge in [0.15, 0.2) is 0 Å². The van der Waals surface area contributed by atoms with Crippen molar-refractivity contribution in [3.8, 4) is 11.1 Å². The lowest BCUT2D eigenvalue weighted by Crippen LogP contribution is -2.46. The maximum absolute atomic E-state index is 12.9. The van der Waals surface area contributed by atoms with Crippen molar-refractivity contribution >= 4 is 27.2 Å². The van der Waals surface area contributed by atoms with Crippen LogP contribution in [0.2, 0.25) is 0 Å². The summed E-state index contributed by atoms with van der Waals surface area (Å²) >= 11 is 1.54. The molecule has 1 aliphatic rings. The molecule has 0 atom stereocenters. The minimum absolute atomic E-state index is 0.0475. The predicted molar refractivity (Wildman–Crippen MR) is 124 cm³/mol. The molecule has 2 aromatic carbocycles. The molecule has 1 aliphatic heterocycles. The van der Waals surface area contributed by atoms with Gasteiger partial charge in [-0.2, -0.15) is 0 Å². The molecule has 5 rings (SSSR count). The van der Waals surface area contributed by atoms with E-state index in [1.165, 1.54) is 11.3 Å². The molecule has 1 N–H and O–H groups in total. The first-order valence-electron chi connectivity index (χ1n) is 10.3. The lowest BCUT2D eigenvalue weighted by molar-refractivity contribution is 0.244. The largest absolute Gasteiger partial charge is 0.369 e. The first-order valence-corrected chi connectivity index (χ1v) is 11.2. The molecule has 5 nitrogen and oxygen atoms in total. The predicted octanol–water partition coefficient (Wildman–Crippen LogP) is 4.28. The van der Waals surface area contributed by atoms with Gasteiger partial charge >= 0.3 is 0 Å². The first kappa shape index (κ1) is 19.0. The van der Waals surface area contributed by atoms with Gasteiger partial charge < -0.3 is 9.88 Å². The van der Waals surface area contributed by atoms with Crippen molar-refractivity contribution in [3.05, 3.63) is 81.7 Å². The highest BCUT2D eigenvalue weighted by Crippen LogP contribution is 2.30. The number of hydrogen-bond donors (Lipinski definition) is 1. The molecule has 2 aromatic heterocycles. The Morgan fingerprint density at radius 2 is 1.73 bits per heavy atom. The van der Waals surface area contributed by atoms with E-state index in [0.717, 1.165) is 48.0 Å². The molecule has 152 valence electrons. The summed E-state index contributed by atoms with van der Waals surface area (Å²) in [6, 6.07) is 18.6. The van der Waals surface area contributed by atoms with Gasteiger partial charge in [-0.15, -0.1) is 11.3 Å². The number of anilines is 1. The number of para-hydroxylation sites is 1. The Kier molecular flexibility index (Phi) is 5.11. The maximum atomic E-state index is 12.9. The van der Waals surface area contributed by atoms with E-state index >= 15 is 0 Å². The fourth-order valence-corrected chi connectivity index (χ4v) is 5.14. The van der Waals surface area contributed by atoms with Crippen molar-refractivity contribution < 1.29 is 0 Å². The molecular formula is C24H24N4OS. The first-order chi connectivity index (χ1) is 14.7. The molecule has 6 heteroatoms. The van der Waals surface area contributed by atoms with Gasteiger partial charge in [0.25, 0.3) is 5.56 Å². The van der Waals surface area contributed by atoms with Crippen LogP contribution in [0.1, 0.15) is 11.4 Å². The third kappa shape index (κ3) is 3.64. The molecule has 0 spiro atoms. The minimum Gasteiger partial charge on any atom is -0.369 e. The number of H-pyrrole nitrogens is 1. The number of nitrogens with zero attached hydrogens (tertiary/aromatic N) is 3. The quantitative estimate of drug-likeness (QED) is 0.539. The van der Waals surface area contributed by atoms with Gasteiger partial charge in [-0.25, -0.2) is 4.98 Å². The van der Waals surface area contributed by atoms with Crippen molar-refractivity contribution in [1.82, 2.24) is 14.9 Å². The number of thiophene rings is 1. The number of aryl methyl sites for hydroxylation is 1. The molecule has 1 fully saturated rings.